The van der Waals surface area contributed by atoms with Crippen molar-refractivity contribution in [2.24, 2.45) is 0 Å². The lowest BCUT2D eigenvalue weighted by Gasteiger charge is -2.18. The summed E-state index contributed by atoms with van der Waals surface area (Å²) >= 11 is 0. The highest BCUT2D eigenvalue weighted by Crippen LogP contribution is 2.18. The molecule has 6 nitrogen and oxygen atoms in total. The zero-order valence-corrected chi connectivity index (χ0v) is 48.2. The summed E-state index contributed by atoms with van der Waals surface area (Å²) in [5.41, 5.74) is 0. The Bertz CT molecular complexity index is 1250. The molecule has 0 radical (unpaired) electrons. The first-order chi connectivity index (χ1) is 35.5. The molecule has 0 amide bonds. The first-order valence-corrected chi connectivity index (χ1v) is 31.6. The fraction of sp³-hybridized carbons (Fsp3) is 0.833. The van der Waals surface area contributed by atoms with Gasteiger partial charge in [-0.3, -0.25) is 14.4 Å². The monoisotopic (exact) mass is 1010 g/mol. The summed E-state index contributed by atoms with van der Waals surface area (Å²) in [6, 6.07) is 0. The van der Waals surface area contributed by atoms with Crippen LogP contribution < -0.4 is 0 Å². The summed E-state index contributed by atoms with van der Waals surface area (Å²) in [5.74, 6) is -0.955. The SMILES string of the molecule is CC/C=C\C/C=C\C/C=C\C/C=C\CCC(=O)OCC(COC(=O)CCCCCCCCCCCCCCCCCCCCCCCCCCC)OC(=O)CCCCCCCCCCCCCCCCCC. The average molecular weight is 1010 g/mol. The Labute approximate surface area is 448 Å². The van der Waals surface area contributed by atoms with Gasteiger partial charge in [0.25, 0.3) is 0 Å². The van der Waals surface area contributed by atoms with Crippen LogP contribution in [0.25, 0.3) is 0 Å². The van der Waals surface area contributed by atoms with E-state index in [1.54, 1.807) is 0 Å². The van der Waals surface area contributed by atoms with Crippen molar-refractivity contribution in [3.05, 3.63) is 48.6 Å². The predicted molar refractivity (Wildman–Crippen MR) is 312 cm³/mol. The van der Waals surface area contributed by atoms with Gasteiger partial charge in [-0.2, -0.15) is 0 Å². The number of hydrogen-bond donors (Lipinski definition) is 0. The van der Waals surface area contributed by atoms with Crippen molar-refractivity contribution in [1.29, 1.82) is 0 Å². The quantitative estimate of drug-likeness (QED) is 0.0261. The molecule has 0 bridgehead atoms. The molecule has 72 heavy (non-hydrogen) atoms. The molecule has 0 saturated heterocycles. The number of hydrogen-bond acceptors (Lipinski definition) is 6. The van der Waals surface area contributed by atoms with E-state index < -0.39 is 6.10 Å². The highest BCUT2D eigenvalue weighted by Gasteiger charge is 2.19. The molecule has 420 valence electrons. The van der Waals surface area contributed by atoms with E-state index >= 15 is 0 Å². The minimum absolute atomic E-state index is 0.0902. The van der Waals surface area contributed by atoms with Gasteiger partial charge in [-0.1, -0.05) is 320 Å². The van der Waals surface area contributed by atoms with Gasteiger partial charge in [0.2, 0.25) is 0 Å². The van der Waals surface area contributed by atoms with Crippen LogP contribution in [-0.4, -0.2) is 37.2 Å². The second kappa shape index (κ2) is 60.9. The van der Waals surface area contributed by atoms with E-state index in [2.05, 4.69) is 63.3 Å². The van der Waals surface area contributed by atoms with Crippen LogP contribution in [0.1, 0.15) is 335 Å². The summed E-state index contributed by atoms with van der Waals surface area (Å²) in [6.45, 7) is 6.52. The van der Waals surface area contributed by atoms with Gasteiger partial charge in [-0.25, -0.2) is 0 Å². The Morgan fingerprint density at radius 1 is 0.292 bits per heavy atom. The van der Waals surface area contributed by atoms with Crippen molar-refractivity contribution in [3.8, 4) is 0 Å². The number of rotatable bonds is 58. The maximum Gasteiger partial charge on any atom is 0.306 e. The van der Waals surface area contributed by atoms with E-state index in [-0.39, 0.29) is 37.5 Å². The van der Waals surface area contributed by atoms with Gasteiger partial charge in [0.1, 0.15) is 13.2 Å². The highest BCUT2D eigenvalue weighted by atomic mass is 16.6. The number of carbonyl (C=O) groups excluding carboxylic acids is 3. The Kier molecular flexibility index (Phi) is 58.7. The van der Waals surface area contributed by atoms with Crippen molar-refractivity contribution < 1.29 is 28.6 Å². The molecule has 0 rings (SSSR count). The van der Waals surface area contributed by atoms with Crippen molar-refractivity contribution >= 4 is 17.9 Å². The molecule has 0 aliphatic rings. The van der Waals surface area contributed by atoms with Crippen LogP contribution in [0, 0.1) is 0 Å². The van der Waals surface area contributed by atoms with Crippen LogP contribution in [0.3, 0.4) is 0 Å². The maximum atomic E-state index is 12.9. The van der Waals surface area contributed by atoms with E-state index in [1.165, 1.54) is 225 Å². The topological polar surface area (TPSA) is 78.9 Å². The molecule has 0 aromatic heterocycles. The summed E-state index contributed by atoms with van der Waals surface area (Å²) in [4.78, 5) is 38.2. The van der Waals surface area contributed by atoms with Gasteiger partial charge < -0.3 is 14.2 Å². The predicted octanol–water partition coefficient (Wildman–Crippen LogP) is 21.4. The minimum Gasteiger partial charge on any atom is -0.462 e. The lowest BCUT2D eigenvalue weighted by molar-refractivity contribution is -0.166. The van der Waals surface area contributed by atoms with Gasteiger partial charge >= 0.3 is 17.9 Å². The molecule has 0 N–H and O–H groups in total. The minimum atomic E-state index is -0.798. The lowest BCUT2D eigenvalue weighted by atomic mass is 10.0. The lowest BCUT2D eigenvalue weighted by Crippen LogP contribution is -2.30. The standard InChI is InChI=1S/C66H120O6/c1-4-7-10-13-16-19-22-25-27-29-30-31-32-33-34-35-36-37-39-41-44-47-50-53-56-59-65(68)71-62-63(61-70-64(67)58-55-52-49-46-43-40-24-21-18-15-12-9-6-3)72-66(69)60-57-54-51-48-45-42-38-28-26-23-20-17-14-11-8-5-2/h9,12,18,21,40,43,49,52,63H,4-8,10-11,13-17,19-20,22-39,41-42,44-48,50-51,53-62H2,1-3H3/b12-9-,21-18-,43-40-,52-49-. The molecular formula is C66H120O6. The summed E-state index contributed by atoms with van der Waals surface area (Å²) in [6.07, 6.45) is 75.8. The third kappa shape index (κ3) is 58.3. The molecule has 0 aromatic carbocycles. The molecule has 0 aromatic rings. The summed E-state index contributed by atoms with van der Waals surface area (Å²) in [7, 11) is 0. The third-order valence-corrected chi connectivity index (χ3v) is 14.1. The molecule has 0 aliphatic carbocycles. The zero-order chi connectivity index (χ0) is 52.2. The van der Waals surface area contributed by atoms with Crippen LogP contribution in [0.2, 0.25) is 0 Å². The molecule has 0 heterocycles. The van der Waals surface area contributed by atoms with Crippen LogP contribution >= 0.6 is 0 Å². The molecular weight excluding hydrogens is 889 g/mol. The van der Waals surface area contributed by atoms with E-state index in [4.69, 9.17) is 14.2 Å². The number of unbranched alkanes of at least 4 members (excludes halogenated alkanes) is 39. The fourth-order valence-corrected chi connectivity index (χ4v) is 9.40. The molecule has 1 unspecified atom stereocenters. The van der Waals surface area contributed by atoms with Gasteiger partial charge in [-0.15, -0.1) is 0 Å². The van der Waals surface area contributed by atoms with E-state index in [1.807, 2.05) is 6.08 Å². The maximum absolute atomic E-state index is 12.9. The molecule has 1 atom stereocenters. The Morgan fingerprint density at radius 2 is 0.542 bits per heavy atom. The normalized spacial score (nSPS) is 12.3. The largest absolute Gasteiger partial charge is 0.462 e. The molecule has 0 aliphatic heterocycles. The number of ether oxygens (including phenoxy) is 3. The first-order valence-electron chi connectivity index (χ1n) is 31.6. The summed E-state index contributed by atoms with van der Waals surface area (Å²) in [5, 5.41) is 0. The van der Waals surface area contributed by atoms with Crippen LogP contribution in [0.15, 0.2) is 48.6 Å². The smallest absolute Gasteiger partial charge is 0.306 e. The zero-order valence-electron chi connectivity index (χ0n) is 48.2. The second-order valence-electron chi connectivity index (χ2n) is 21.3. The van der Waals surface area contributed by atoms with Gasteiger partial charge in [0, 0.05) is 19.3 Å². The average Bonchev–Trinajstić information content (AvgIpc) is 3.38. The van der Waals surface area contributed by atoms with E-state index in [0.29, 0.717) is 19.3 Å². The Balaban J connectivity index is 4.26. The molecule has 0 saturated carbocycles. The Hall–Kier alpha value is -2.63. The highest BCUT2D eigenvalue weighted by molar-refractivity contribution is 5.71. The number of carbonyl (C=O) groups is 3. The van der Waals surface area contributed by atoms with Crippen molar-refractivity contribution in [2.75, 3.05) is 13.2 Å². The second-order valence-corrected chi connectivity index (χ2v) is 21.3. The van der Waals surface area contributed by atoms with Crippen molar-refractivity contribution in [1.82, 2.24) is 0 Å². The van der Waals surface area contributed by atoms with E-state index in [9.17, 15) is 14.4 Å². The number of esters is 3. The van der Waals surface area contributed by atoms with Crippen molar-refractivity contribution in [3.63, 3.8) is 0 Å². The Morgan fingerprint density at radius 3 is 0.847 bits per heavy atom. The van der Waals surface area contributed by atoms with Crippen LogP contribution in [-0.2, 0) is 28.6 Å². The van der Waals surface area contributed by atoms with Crippen LogP contribution in [0.5, 0.6) is 0 Å². The third-order valence-electron chi connectivity index (χ3n) is 14.1. The molecule has 0 fully saturated rings. The van der Waals surface area contributed by atoms with E-state index in [0.717, 1.165) is 64.2 Å². The van der Waals surface area contributed by atoms with Gasteiger partial charge in [0.05, 0.1) is 0 Å². The molecule has 0 spiro atoms. The van der Waals surface area contributed by atoms with Crippen LogP contribution in [0.4, 0.5) is 0 Å². The first kappa shape index (κ1) is 69.4. The summed E-state index contributed by atoms with van der Waals surface area (Å²) < 4.78 is 16.8. The van der Waals surface area contributed by atoms with Crippen molar-refractivity contribution in [2.45, 2.75) is 341 Å². The molecule has 6 heteroatoms. The van der Waals surface area contributed by atoms with Gasteiger partial charge in [0.15, 0.2) is 6.10 Å². The van der Waals surface area contributed by atoms with Gasteiger partial charge in [-0.05, 0) is 44.9 Å². The number of allylic oxidation sites excluding steroid dienone is 8. The fourth-order valence-electron chi connectivity index (χ4n) is 9.40.